The molecule has 2 heterocycles. The van der Waals surface area contributed by atoms with Crippen LogP contribution in [0.3, 0.4) is 0 Å². The van der Waals surface area contributed by atoms with Gasteiger partial charge >= 0.3 is 0 Å². The van der Waals surface area contributed by atoms with Crippen LogP contribution in [0, 0.1) is 0 Å². The van der Waals surface area contributed by atoms with E-state index in [1.54, 1.807) is 7.11 Å². The van der Waals surface area contributed by atoms with E-state index in [4.69, 9.17) is 14.2 Å². The summed E-state index contributed by atoms with van der Waals surface area (Å²) in [6.45, 7) is 7.99. The quantitative estimate of drug-likeness (QED) is 0.155. The Bertz CT molecular complexity index is 2620. The minimum atomic E-state index is -0.889. The second kappa shape index (κ2) is 14.1. The van der Waals surface area contributed by atoms with Gasteiger partial charge in [-0.3, -0.25) is 0 Å². The zero-order valence-corrected chi connectivity index (χ0v) is 32.9. The molecule has 3 aliphatic rings. The largest absolute Gasteiger partial charge is 0.497 e. The van der Waals surface area contributed by atoms with Crippen molar-refractivity contribution in [2.45, 2.75) is 37.7 Å². The number of anilines is 1. The first kappa shape index (κ1) is 35.3. The molecule has 1 saturated heterocycles. The molecule has 282 valence electrons. The summed E-state index contributed by atoms with van der Waals surface area (Å²) < 4.78 is 19.1. The Morgan fingerprint density at radius 3 is 1.88 bits per heavy atom. The van der Waals surface area contributed by atoms with Gasteiger partial charge in [0.1, 0.15) is 11.5 Å². The van der Waals surface area contributed by atoms with Gasteiger partial charge in [-0.15, -0.1) is 0 Å². The van der Waals surface area contributed by atoms with Crippen LogP contribution in [0.1, 0.15) is 54.5 Å². The summed E-state index contributed by atoms with van der Waals surface area (Å²) in [5.41, 5.74) is 13.7. The number of benzene rings is 7. The van der Waals surface area contributed by atoms with E-state index in [-0.39, 0.29) is 5.41 Å². The van der Waals surface area contributed by atoms with Gasteiger partial charge in [0.2, 0.25) is 0 Å². The highest BCUT2D eigenvalue weighted by molar-refractivity contribution is 6.10. The fraction of sp³-hybridized carbons (Fsp3) is 0.208. The first-order chi connectivity index (χ1) is 28.1. The minimum Gasteiger partial charge on any atom is -0.497 e. The first-order valence-corrected chi connectivity index (χ1v) is 20.4. The van der Waals surface area contributed by atoms with Crippen molar-refractivity contribution in [3.05, 3.63) is 179 Å². The monoisotopic (exact) mass is 745 g/mol. The first-order valence-electron chi connectivity index (χ1n) is 20.4. The normalized spacial score (nSPS) is 17.8. The molecule has 7 aromatic carbocycles. The van der Waals surface area contributed by atoms with Crippen LogP contribution in [-0.2, 0) is 15.8 Å². The number of hydrogen-bond donors (Lipinski definition) is 0. The van der Waals surface area contributed by atoms with Crippen LogP contribution in [-0.4, -0.2) is 33.4 Å². The Hall–Kier alpha value is -6.10. The van der Waals surface area contributed by atoms with Crippen LogP contribution >= 0.6 is 0 Å². The average molecular weight is 746 g/mol. The maximum absolute atomic E-state index is 7.79. The van der Waals surface area contributed by atoms with Gasteiger partial charge in [0.25, 0.3) is 0 Å². The van der Waals surface area contributed by atoms with Crippen molar-refractivity contribution in [3.63, 3.8) is 0 Å². The van der Waals surface area contributed by atoms with Crippen LogP contribution in [0.25, 0.3) is 50.2 Å². The maximum Gasteiger partial charge on any atom is 0.178 e. The van der Waals surface area contributed by atoms with Crippen LogP contribution < -0.4 is 14.4 Å². The van der Waals surface area contributed by atoms with Crippen molar-refractivity contribution in [2.75, 3.05) is 38.3 Å². The molecule has 57 heavy (non-hydrogen) atoms. The maximum atomic E-state index is 7.79. The van der Waals surface area contributed by atoms with Gasteiger partial charge in [-0.05, 0) is 105 Å². The molecule has 1 aliphatic carbocycles. The van der Waals surface area contributed by atoms with E-state index in [1.165, 1.54) is 61.1 Å². The Balaban J connectivity index is 1.23. The summed E-state index contributed by atoms with van der Waals surface area (Å²) >= 11 is 0. The third-order valence-corrected chi connectivity index (χ3v) is 12.9. The lowest BCUT2D eigenvalue weighted by molar-refractivity contribution is 0.122. The van der Waals surface area contributed by atoms with Gasteiger partial charge in [0.15, 0.2) is 5.60 Å². The molecule has 1 fully saturated rings. The third kappa shape index (κ3) is 5.61. The van der Waals surface area contributed by atoms with Gasteiger partial charge in [0, 0.05) is 46.3 Å². The Kier molecular flexibility index (Phi) is 8.76. The number of morpholine rings is 1. The lowest BCUT2D eigenvalue weighted by Gasteiger charge is -2.39. The topological polar surface area (TPSA) is 30.9 Å². The highest BCUT2D eigenvalue weighted by Crippen LogP contribution is 2.61. The van der Waals surface area contributed by atoms with Crippen LogP contribution in [0.5, 0.6) is 11.5 Å². The predicted octanol–water partition coefficient (Wildman–Crippen LogP) is 12.5. The molecule has 4 nitrogen and oxygen atoms in total. The summed E-state index contributed by atoms with van der Waals surface area (Å²) in [5.74, 6) is 1.75. The van der Waals surface area contributed by atoms with Gasteiger partial charge in [0.05, 0.1) is 20.3 Å². The summed E-state index contributed by atoms with van der Waals surface area (Å²) in [6, 6.07) is 53.0. The molecular formula is C53H47NO3. The van der Waals surface area contributed by atoms with Gasteiger partial charge in [-0.25, -0.2) is 0 Å². The highest BCUT2D eigenvalue weighted by Gasteiger charge is 2.47. The van der Waals surface area contributed by atoms with Crippen LogP contribution in [0.15, 0.2) is 152 Å². The zero-order chi connectivity index (χ0) is 38.6. The van der Waals surface area contributed by atoms with Crippen LogP contribution in [0.4, 0.5) is 5.69 Å². The SMILES string of the molecule is CCC1(CC)c2cc(-c3ccccc3)ccc2-c2c1c1c(c3cc(-c4ccccc4)ccc23)OC(c2ccc(OC)cc2)(c2ccc(N3CCOCC3)cc2)C=C1. The summed E-state index contributed by atoms with van der Waals surface area (Å²) in [7, 11) is 1.72. The smallest absolute Gasteiger partial charge is 0.178 e. The molecule has 0 aromatic heterocycles. The summed E-state index contributed by atoms with van der Waals surface area (Å²) in [5, 5.41) is 2.35. The molecule has 0 N–H and O–H groups in total. The number of fused-ring (bicyclic) bond motifs is 8. The fourth-order valence-electron chi connectivity index (χ4n) is 9.87. The Morgan fingerprint density at radius 2 is 1.25 bits per heavy atom. The lowest BCUT2D eigenvalue weighted by atomic mass is 9.70. The molecule has 0 amide bonds. The molecule has 7 aromatic rings. The molecule has 0 bridgehead atoms. The molecule has 0 saturated carbocycles. The van der Waals surface area contributed by atoms with Crippen molar-refractivity contribution in [3.8, 4) is 44.9 Å². The number of methoxy groups -OCH3 is 1. The van der Waals surface area contributed by atoms with E-state index in [2.05, 4.69) is 164 Å². The standard InChI is InChI=1S/C53H47NO3/c1-4-52(5-2)48-35-39(37-14-10-7-11-15-37)17-27-45(48)49-44-26-16-38(36-12-8-6-9-13-36)34-47(44)51-46(50(49)52)28-29-53(57-51,41-20-24-43(55-3)25-21-41)40-18-22-42(23-19-40)54-30-32-56-33-31-54/h6-29,34-35H,4-5,30-33H2,1-3H3. The van der Waals surface area contributed by atoms with Crippen molar-refractivity contribution in [1.29, 1.82) is 0 Å². The molecule has 2 aliphatic heterocycles. The van der Waals surface area contributed by atoms with Crippen molar-refractivity contribution in [1.82, 2.24) is 0 Å². The van der Waals surface area contributed by atoms with Gasteiger partial charge in [-0.2, -0.15) is 0 Å². The van der Waals surface area contributed by atoms with Gasteiger partial charge < -0.3 is 19.1 Å². The second-order valence-electron chi connectivity index (χ2n) is 15.6. The van der Waals surface area contributed by atoms with E-state index >= 15 is 0 Å². The van der Waals surface area contributed by atoms with Crippen molar-refractivity contribution in [2.24, 2.45) is 0 Å². The molecule has 4 heteroatoms. The molecule has 1 unspecified atom stereocenters. The number of ether oxygens (including phenoxy) is 3. The number of hydrogen-bond acceptors (Lipinski definition) is 4. The molecule has 1 atom stereocenters. The van der Waals surface area contributed by atoms with Crippen molar-refractivity contribution >= 4 is 22.5 Å². The fourth-order valence-corrected chi connectivity index (χ4v) is 9.87. The summed E-state index contributed by atoms with van der Waals surface area (Å²) in [4.78, 5) is 2.40. The number of rotatable bonds is 8. The predicted molar refractivity (Wildman–Crippen MR) is 235 cm³/mol. The van der Waals surface area contributed by atoms with Crippen LogP contribution in [0.2, 0.25) is 0 Å². The van der Waals surface area contributed by atoms with E-state index in [0.717, 1.165) is 67.2 Å². The molecule has 10 rings (SSSR count). The Labute approximate surface area is 336 Å². The highest BCUT2D eigenvalue weighted by atomic mass is 16.5. The molecule has 0 radical (unpaired) electrons. The average Bonchev–Trinajstić information content (AvgIpc) is 3.59. The minimum absolute atomic E-state index is 0.195. The molecular weight excluding hydrogens is 699 g/mol. The number of nitrogens with zero attached hydrogens (tertiary/aromatic N) is 1. The van der Waals surface area contributed by atoms with Crippen molar-refractivity contribution < 1.29 is 14.2 Å². The van der Waals surface area contributed by atoms with Gasteiger partial charge in [-0.1, -0.05) is 129 Å². The van der Waals surface area contributed by atoms with E-state index in [0.29, 0.717) is 0 Å². The second-order valence-corrected chi connectivity index (χ2v) is 15.6. The summed E-state index contributed by atoms with van der Waals surface area (Å²) in [6.07, 6.45) is 6.64. The van der Waals surface area contributed by atoms with E-state index < -0.39 is 5.60 Å². The zero-order valence-electron chi connectivity index (χ0n) is 32.9. The Morgan fingerprint density at radius 1 is 0.632 bits per heavy atom. The molecule has 0 spiro atoms. The third-order valence-electron chi connectivity index (χ3n) is 12.9. The van der Waals surface area contributed by atoms with E-state index in [9.17, 15) is 0 Å². The van der Waals surface area contributed by atoms with E-state index in [1.807, 2.05) is 12.1 Å². The lowest BCUT2D eigenvalue weighted by Crippen LogP contribution is -2.37.